The lowest BCUT2D eigenvalue weighted by Crippen LogP contribution is -2.21. The largest absolute Gasteiger partial charge is 0.416 e. The summed E-state index contributed by atoms with van der Waals surface area (Å²) in [7, 11) is 3.95. The summed E-state index contributed by atoms with van der Waals surface area (Å²) in [4.78, 5) is 10.6. The lowest BCUT2D eigenvalue weighted by Gasteiger charge is -2.13. The predicted octanol–water partition coefficient (Wildman–Crippen LogP) is 3.52. The van der Waals surface area contributed by atoms with Gasteiger partial charge >= 0.3 is 6.18 Å². The molecule has 1 heterocycles. The second-order valence-electron chi connectivity index (χ2n) is 5.65. The first kappa shape index (κ1) is 18.0. The molecule has 130 valence electrons. The highest BCUT2D eigenvalue weighted by Crippen LogP contribution is 2.30. The quantitative estimate of drug-likeness (QED) is 0.843. The Labute approximate surface area is 138 Å². The predicted molar refractivity (Wildman–Crippen MR) is 88.5 cm³/mol. The van der Waals surface area contributed by atoms with Crippen molar-refractivity contribution in [3.05, 3.63) is 41.6 Å². The van der Waals surface area contributed by atoms with E-state index in [1.54, 1.807) is 0 Å². The van der Waals surface area contributed by atoms with Crippen LogP contribution in [0.5, 0.6) is 0 Å². The van der Waals surface area contributed by atoms with Gasteiger partial charge in [0.2, 0.25) is 5.95 Å². The molecule has 0 saturated heterocycles. The molecule has 1 aromatic heterocycles. The monoisotopic (exact) mass is 339 g/mol. The summed E-state index contributed by atoms with van der Waals surface area (Å²) in [5, 5.41) is 6.11. The Morgan fingerprint density at radius 2 is 1.75 bits per heavy atom. The summed E-state index contributed by atoms with van der Waals surface area (Å²) in [6.45, 7) is 3.41. The Morgan fingerprint density at radius 3 is 2.33 bits per heavy atom. The minimum atomic E-state index is -4.35. The molecule has 0 fully saturated rings. The van der Waals surface area contributed by atoms with Crippen LogP contribution in [0.1, 0.15) is 11.3 Å². The molecule has 2 aromatic rings. The Morgan fingerprint density at radius 1 is 1.08 bits per heavy atom. The SMILES string of the molecule is Cc1cc(NCCN(C)C)nc(Nc2ccc(C(F)(F)F)cc2)n1. The molecule has 0 aliphatic carbocycles. The van der Waals surface area contributed by atoms with E-state index in [1.165, 1.54) is 12.1 Å². The third kappa shape index (κ3) is 5.38. The fourth-order valence-electron chi connectivity index (χ4n) is 1.99. The zero-order chi connectivity index (χ0) is 17.7. The molecule has 0 radical (unpaired) electrons. The molecule has 0 bridgehead atoms. The highest BCUT2D eigenvalue weighted by molar-refractivity contribution is 5.55. The number of benzene rings is 1. The van der Waals surface area contributed by atoms with E-state index in [0.29, 0.717) is 17.5 Å². The van der Waals surface area contributed by atoms with Crippen molar-refractivity contribution in [2.24, 2.45) is 0 Å². The number of hydrogen-bond donors (Lipinski definition) is 2. The van der Waals surface area contributed by atoms with Gasteiger partial charge in [-0.15, -0.1) is 0 Å². The van der Waals surface area contributed by atoms with E-state index in [-0.39, 0.29) is 0 Å². The third-order valence-electron chi connectivity index (χ3n) is 3.19. The standard InChI is InChI=1S/C16H20F3N5/c1-11-10-14(20-8-9-24(2)3)23-15(21-11)22-13-6-4-12(5-7-13)16(17,18)19/h4-7,10H,8-9H2,1-3H3,(H2,20,21,22,23). The van der Waals surface area contributed by atoms with Crippen LogP contribution in [0.25, 0.3) is 0 Å². The summed E-state index contributed by atoms with van der Waals surface area (Å²) in [5.41, 5.74) is 0.559. The number of aryl methyl sites for hydroxylation is 1. The molecule has 0 aliphatic heterocycles. The van der Waals surface area contributed by atoms with E-state index in [1.807, 2.05) is 32.0 Å². The van der Waals surface area contributed by atoms with Gasteiger partial charge in [0.1, 0.15) is 5.82 Å². The Kier molecular flexibility index (Phi) is 5.61. The van der Waals surface area contributed by atoms with Crippen LogP contribution in [0, 0.1) is 6.92 Å². The van der Waals surface area contributed by atoms with Crippen molar-refractivity contribution < 1.29 is 13.2 Å². The number of alkyl halides is 3. The molecule has 0 aliphatic rings. The summed E-state index contributed by atoms with van der Waals surface area (Å²) >= 11 is 0. The van der Waals surface area contributed by atoms with E-state index in [4.69, 9.17) is 0 Å². The average Bonchev–Trinajstić information content (AvgIpc) is 2.46. The molecular formula is C16H20F3N5. The second kappa shape index (κ2) is 7.48. The number of aromatic nitrogens is 2. The van der Waals surface area contributed by atoms with Crippen molar-refractivity contribution in [1.82, 2.24) is 14.9 Å². The van der Waals surface area contributed by atoms with Crippen LogP contribution in [0.2, 0.25) is 0 Å². The lowest BCUT2D eigenvalue weighted by atomic mass is 10.2. The molecule has 0 amide bonds. The number of anilines is 3. The molecule has 2 N–H and O–H groups in total. The topological polar surface area (TPSA) is 53.1 Å². The van der Waals surface area contributed by atoms with E-state index in [0.717, 1.165) is 30.9 Å². The number of halogens is 3. The van der Waals surface area contributed by atoms with Crippen LogP contribution in [0.3, 0.4) is 0 Å². The van der Waals surface area contributed by atoms with Crippen LogP contribution >= 0.6 is 0 Å². The highest BCUT2D eigenvalue weighted by Gasteiger charge is 2.29. The zero-order valence-corrected chi connectivity index (χ0v) is 13.8. The molecule has 0 spiro atoms. The Bertz CT molecular complexity index is 668. The van der Waals surface area contributed by atoms with Gasteiger partial charge in [0.25, 0.3) is 0 Å². The van der Waals surface area contributed by atoms with Gasteiger partial charge in [0, 0.05) is 30.5 Å². The van der Waals surface area contributed by atoms with Crippen molar-refractivity contribution >= 4 is 17.5 Å². The Balaban J connectivity index is 2.07. The maximum Gasteiger partial charge on any atom is 0.416 e. The van der Waals surface area contributed by atoms with Gasteiger partial charge in [-0.2, -0.15) is 18.2 Å². The van der Waals surface area contributed by atoms with Crippen molar-refractivity contribution in [3.8, 4) is 0 Å². The molecule has 0 atom stereocenters. The fraction of sp³-hybridized carbons (Fsp3) is 0.375. The molecule has 24 heavy (non-hydrogen) atoms. The summed E-state index contributed by atoms with van der Waals surface area (Å²) in [6, 6.07) is 6.57. The van der Waals surface area contributed by atoms with E-state index >= 15 is 0 Å². The first-order chi connectivity index (χ1) is 11.2. The highest BCUT2D eigenvalue weighted by atomic mass is 19.4. The minimum absolute atomic E-state index is 0.335. The summed E-state index contributed by atoms with van der Waals surface area (Å²) in [6.07, 6.45) is -4.35. The number of nitrogens with one attached hydrogen (secondary N) is 2. The van der Waals surface area contributed by atoms with Crippen molar-refractivity contribution in [2.75, 3.05) is 37.8 Å². The first-order valence-corrected chi connectivity index (χ1v) is 7.42. The third-order valence-corrected chi connectivity index (χ3v) is 3.19. The zero-order valence-electron chi connectivity index (χ0n) is 13.8. The molecule has 0 saturated carbocycles. The van der Waals surface area contributed by atoms with Crippen LogP contribution < -0.4 is 10.6 Å². The van der Waals surface area contributed by atoms with Crippen molar-refractivity contribution in [3.63, 3.8) is 0 Å². The van der Waals surface area contributed by atoms with Gasteiger partial charge in [-0.05, 0) is 45.3 Å². The van der Waals surface area contributed by atoms with Crippen LogP contribution in [-0.2, 0) is 6.18 Å². The smallest absolute Gasteiger partial charge is 0.369 e. The van der Waals surface area contributed by atoms with Crippen molar-refractivity contribution in [1.29, 1.82) is 0 Å². The van der Waals surface area contributed by atoms with Crippen molar-refractivity contribution in [2.45, 2.75) is 13.1 Å². The van der Waals surface area contributed by atoms with Crippen LogP contribution in [0.4, 0.5) is 30.6 Å². The van der Waals surface area contributed by atoms with E-state index in [2.05, 4.69) is 20.6 Å². The molecule has 8 heteroatoms. The van der Waals surface area contributed by atoms with E-state index in [9.17, 15) is 13.2 Å². The van der Waals surface area contributed by atoms with Gasteiger partial charge in [0.15, 0.2) is 0 Å². The maximum atomic E-state index is 12.6. The van der Waals surface area contributed by atoms with E-state index < -0.39 is 11.7 Å². The van der Waals surface area contributed by atoms with Gasteiger partial charge in [-0.3, -0.25) is 0 Å². The fourth-order valence-corrected chi connectivity index (χ4v) is 1.99. The number of rotatable bonds is 6. The van der Waals surface area contributed by atoms with Gasteiger partial charge in [0.05, 0.1) is 5.56 Å². The minimum Gasteiger partial charge on any atom is -0.369 e. The van der Waals surface area contributed by atoms with Gasteiger partial charge in [-0.1, -0.05) is 0 Å². The molecule has 0 unspecified atom stereocenters. The van der Waals surface area contributed by atoms with Gasteiger partial charge < -0.3 is 15.5 Å². The number of likely N-dealkylation sites (N-methyl/N-ethyl adjacent to an activating group) is 1. The molecule has 1 aromatic carbocycles. The second-order valence-corrected chi connectivity index (χ2v) is 5.65. The average molecular weight is 339 g/mol. The summed E-state index contributed by atoms with van der Waals surface area (Å²) in [5.74, 6) is 1.00. The Hall–Kier alpha value is -2.35. The normalized spacial score (nSPS) is 11.6. The molecule has 2 rings (SSSR count). The molecule has 5 nitrogen and oxygen atoms in total. The lowest BCUT2D eigenvalue weighted by molar-refractivity contribution is -0.137. The molecular weight excluding hydrogens is 319 g/mol. The van der Waals surface area contributed by atoms with Crippen LogP contribution in [-0.4, -0.2) is 42.1 Å². The van der Waals surface area contributed by atoms with Crippen LogP contribution in [0.15, 0.2) is 30.3 Å². The van der Waals surface area contributed by atoms with Gasteiger partial charge in [-0.25, -0.2) is 4.98 Å². The maximum absolute atomic E-state index is 12.6. The summed E-state index contributed by atoms with van der Waals surface area (Å²) < 4.78 is 37.7. The number of hydrogen-bond acceptors (Lipinski definition) is 5. The first-order valence-electron chi connectivity index (χ1n) is 7.42. The number of nitrogens with zero attached hydrogens (tertiary/aromatic N) is 3.